The van der Waals surface area contributed by atoms with Crippen molar-refractivity contribution in [1.29, 1.82) is 0 Å². The van der Waals surface area contributed by atoms with Crippen LogP contribution in [0.4, 0.5) is 28.0 Å². The van der Waals surface area contributed by atoms with Crippen molar-refractivity contribution in [3.8, 4) is 0 Å². The fourth-order valence-electron chi connectivity index (χ4n) is 3.79. The van der Waals surface area contributed by atoms with Gasteiger partial charge in [0.25, 0.3) is 18.2 Å². The normalized spacial score (nSPS) is 17.7. The summed E-state index contributed by atoms with van der Waals surface area (Å²) in [6.45, 7) is -0.941. The van der Waals surface area contributed by atoms with Crippen LogP contribution in [0.15, 0.2) is 16.6 Å². The molecule has 0 fully saturated rings. The molecule has 2 aromatic rings. The molecule has 0 bridgehead atoms. The molecule has 4 amide bonds. The quantitative estimate of drug-likeness (QED) is 0.439. The number of rotatable bonds is 4. The van der Waals surface area contributed by atoms with E-state index in [1.54, 1.807) is 0 Å². The first-order chi connectivity index (χ1) is 16.6. The van der Waals surface area contributed by atoms with Gasteiger partial charge in [-0.15, -0.1) is 0 Å². The topological polar surface area (TPSA) is 109 Å². The first kappa shape index (κ1) is 24.9. The van der Waals surface area contributed by atoms with E-state index in [-0.39, 0.29) is 37.4 Å². The van der Waals surface area contributed by atoms with E-state index in [2.05, 4.69) is 31.7 Å². The van der Waals surface area contributed by atoms with Crippen LogP contribution >= 0.6 is 15.9 Å². The van der Waals surface area contributed by atoms with Gasteiger partial charge in [-0.05, 0) is 28.1 Å². The molecule has 0 radical (unpaired) electrons. The number of benzene rings is 1. The van der Waals surface area contributed by atoms with Crippen LogP contribution in [0.25, 0.3) is 0 Å². The van der Waals surface area contributed by atoms with Gasteiger partial charge in [0.15, 0.2) is 11.9 Å². The number of hydrogen-bond acceptors (Lipinski definition) is 5. The Morgan fingerprint density at radius 1 is 1.31 bits per heavy atom. The summed E-state index contributed by atoms with van der Waals surface area (Å²) in [6, 6.07) is 1.41. The molecule has 0 aliphatic carbocycles. The maximum absolute atomic E-state index is 14.3. The lowest BCUT2D eigenvalue weighted by Crippen LogP contribution is -2.43. The minimum absolute atomic E-state index is 0.0533. The van der Waals surface area contributed by atoms with Crippen LogP contribution in [0.1, 0.15) is 21.7 Å². The summed E-state index contributed by atoms with van der Waals surface area (Å²) in [5, 5.41) is 9.62. The highest BCUT2D eigenvalue weighted by molar-refractivity contribution is 9.10. The number of nitrogens with zero attached hydrogens (tertiary/aromatic N) is 4. The van der Waals surface area contributed by atoms with Gasteiger partial charge in [0.1, 0.15) is 11.5 Å². The van der Waals surface area contributed by atoms with E-state index in [0.717, 1.165) is 17.2 Å². The Bertz CT molecular complexity index is 1190. The Balaban J connectivity index is 1.54. The van der Waals surface area contributed by atoms with Gasteiger partial charge in [-0.3, -0.25) is 19.1 Å². The smallest absolute Gasteiger partial charge is 0.322 e. The Kier molecular flexibility index (Phi) is 6.98. The number of urea groups is 1. The molecule has 188 valence electrons. The van der Waals surface area contributed by atoms with Gasteiger partial charge in [0.2, 0.25) is 0 Å². The molecule has 0 saturated heterocycles. The van der Waals surface area contributed by atoms with Crippen molar-refractivity contribution < 1.29 is 36.8 Å². The first-order valence-corrected chi connectivity index (χ1v) is 11.1. The second kappa shape index (κ2) is 9.81. The monoisotopic (exact) mass is 562 g/mol. The number of amides is 4. The van der Waals surface area contributed by atoms with Crippen molar-refractivity contribution >= 4 is 39.5 Å². The minimum atomic E-state index is -2.75. The van der Waals surface area contributed by atoms with E-state index < -0.39 is 53.0 Å². The minimum Gasteiger partial charge on any atom is -0.348 e. The van der Waals surface area contributed by atoms with Crippen molar-refractivity contribution in [2.24, 2.45) is 0 Å². The van der Waals surface area contributed by atoms with Crippen molar-refractivity contribution in [3.63, 3.8) is 0 Å². The second-order valence-corrected chi connectivity index (χ2v) is 8.61. The largest absolute Gasteiger partial charge is 0.348 e. The predicted molar refractivity (Wildman–Crippen MR) is 115 cm³/mol. The van der Waals surface area contributed by atoms with Gasteiger partial charge < -0.3 is 15.5 Å². The number of halogens is 5. The van der Waals surface area contributed by atoms with Crippen LogP contribution in [0.3, 0.4) is 0 Å². The summed E-state index contributed by atoms with van der Waals surface area (Å²) in [5.74, 6) is -3.27. The highest BCUT2D eigenvalue weighted by atomic mass is 79.9. The molecule has 1 aromatic carbocycles. The van der Waals surface area contributed by atoms with Gasteiger partial charge in [-0.25, -0.2) is 27.4 Å². The van der Waals surface area contributed by atoms with Gasteiger partial charge in [-0.1, -0.05) is 0 Å². The summed E-state index contributed by atoms with van der Waals surface area (Å²) in [5.41, 5.74) is 0.793. The zero-order valence-corrected chi connectivity index (χ0v) is 19.7. The van der Waals surface area contributed by atoms with Crippen molar-refractivity contribution in [1.82, 2.24) is 25.1 Å². The molecule has 1 unspecified atom stereocenters. The van der Waals surface area contributed by atoms with Gasteiger partial charge in [0.05, 0.1) is 35.5 Å². The zero-order valence-electron chi connectivity index (χ0n) is 18.2. The number of fused-ring (bicyclic) bond motifs is 3. The van der Waals surface area contributed by atoms with Crippen LogP contribution in [-0.2, 0) is 29.1 Å². The van der Waals surface area contributed by atoms with Crippen molar-refractivity contribution in [3.05, 3.63) is 45.2 Å². The van der Waals surface area contributed by atoms with Crippen molar-refractivity contribution in [2.75, 3.05) is 25.5 Å². The maximum Gasteiger partial charge on any atom is 0.322 e. The number of hydroxylamine groups is 2. The van der Waals surface area contributed by atoms with Crippen LogP contribution in [0.5, 0.6) is 0 Å². The van der Waals surface area contributed by atoms with Gasteiger partial charge in [-0.2, -0.15) is 5.10 Å². The van der Waals surface area contributed by atoms with Crippen LogP contribution in [0.2, 0.25) is 0 Å². The first-order valence-electron chi connectivity index (χ1n) is 10.4. The third-order valence-electron chi connectivity index (χ3n) is 5.50. The second-order valence-electron chi connectivity index (χ2n) is 7.81. The van der Waals surface area contributed by atoms with Gasteiger partial charge >= 0.3 is 6.03 Å². The SMILES string of the molecule is CN1OC(C(=O)NCC(F)F)Cn2nc3c(c2C1=O)CN(C(=O)Nc1ccc(F)c(Br)c1F)CC3. The molecule has 2 N–H and O–H groups in total. The number of carbonyl (C=O) groups excluding carboxylic acids is 3. The fourth-order valence-corrected chi connectivity index (χ4v) is 4.13. The van der Waals surface area contributed by atoms with Gasteiger partial charge in [0, 0.05) is 25.6 Å². The molecular weight excluding hydrogens is 544 g/mol. The third-order valence-corrected chi connectivity index (χ3v) is 6.23. The highest BCUT2D eigenvalue weighted by Crippen LogP contribution is 2.29. The average molecular weight is 563 g/mol. The molecule has 35 heavy (non-hydrogen) atoms. The molecule has 0 saturated carbocycles. The number of alkyl halides is 2. The lowest BCUT2D eigenvalue weighted by atomic mass is 10.1. The van der Waals surface area contributed by atoms with E-state index in [1.165, 1.54) is 16.6 Å². The van der Waals surface area contributed by atoms with E-state index in [4.69, 9.17) is 4.84 Å². The van der Waals surface area contributed by atoms with E-state index >= 15 is 0 Å². The van der Waals surface area contributed by atoms with E-state index in [9.17, 15) is 31.9 Å². The van der Waals surface area contributed by atoms with Crippen LogP contribution < -0.4 is 10.6 Å². The summed E-state index contributed by atoms with van der Waals surface area (Å²) in [6.07, 6.45) is -3.78. The number of nitrogens with one attached hydrogen (secondary N) is 2. The standard InChI is InChI=1S/C20H19BrF4N6O4/c1-29-19(33)17-9-7-30(20(34)27-12-3-2-10(22)15(21)16(12)25)5-4-11(9)28-31(17)8-13(35-29)18(32)26-6-14(23)24/h2-3,13-14H,4-8H2,1H3,(H,26,32)(H,27,34). The zero-order chi connectivity index (χ0) is 25.4. The molecule has 10 nitrogen and oxygen atoms in total. The summed E-state index contributed by atoms with van der Waals surface area (Å²) in [4.78, 5) is 44.7. The molecule has 3 heterocycles. The molecule has 1 atom stereocenters. The molecule has 2 aliphatic heterocycles. The Morgan fingerprint density at radius 3 is 2.77 bits per heavy atom. The third kappa shape index (κ3) is 4.96. The summed E-state index contributed by atoms with van der Waals surface area (Å²) >= 11 is 2.78. The molecule has 15 heteroatoms. The lowest BCUT2D eigenvalue weighted by Gasteiger charge is -2.27. The molecule has 0 spiro atoms. The highest BCUT2D eigenvalue weighted by Gasteiger charge is 2.37. The molecule has 2 aliphatic rings. The lowest BCUT2D eigenvalue weighted by molar-refractivity contribution is -0.168. The Morgan fingerprint density at radius 2 is 2.06 bits per heavy atom. The molecule has 4 rings (SSSR count). The average Bonchev–Trinajstić information content (AvgIpc) is 3.12. The van der Waals surface area contributed by atoms with Crippen molar-refractivity contribution in [2.45, 2.75) is 32.0 Å². The van der Waals surface area contributed by atoms with E-state index in [0.29, 0.717) is 11.3 Å². The number of carbonyl (C=O) groups is 3. The summed E-state index contributed by atoms with van der Waals surface area (Å²) < 4.78 is 53.5. The maximum atomic E-state index is 14.3. The Labute approximate surface area is 204 Å². The molecular formula is C20H19BrF4N6O4. The number of aromatic nitrogens is 2. The Hall–Kier alpha value is -3.20. The predicted octanol–water partition coefficient (Wildman–Crippen LogP) is 2.28. The number of anilines is 1. The number of hydrogen-bond donors (Lipinski definition) is 2. The van der Waals surface area contributed by atoms with E-state index in [1.807, 2.05) is 0 Å². The summed E-state index contributed by atoms with van der Waals surface area (Å²) in [7, 11) is 1.27. The van der Waals surface area contributed by atoms with Crippen LogP contribution in [-0.4, -0.2) is 70.3 Å². The van der Waals surface area contributed by atoms with Crippen LogP contribution in [0, 0.1) is 11.6 Å². The molecule has 1 aromatic heterocycles. The fraction of sp³-hybridized carbons (Fsp3) is 0.400.